The van der Waals surface area contributed by atoms with Crippen LogP contribution in [0.1, 0.15) is 22.4 Å². The third-order valence-electron chi connectivity index (χ3n) is 4.99. The van der Waals surface area contributed by atoms with Gasteiger partial charge in [0.1, 0.15) is 5.82 Å². The van der Waals surface area contributed by atoms with E-state index in [0.29, 0.717) is 30.9 Å². The summed E-state index contributed by atoms with van der Waals surface area (Å²) in [6.07, 6.45) is 0.373. The van der Waals surface area contributed by atoms with Gasteiger partial charge in [-0.2, -0.15) is 0 Å². The van der Waals surface area contributed by atoms with Crippen LogP contribution >= 0.6 is 0 Å². The van der Waals surface area contributed by atoms with Crippen molar-refractivity contribution in [3.05, 3.63) is 87.3 Å². The number of nitrogens with zero attached hydrogens (tertiary/aromatic N) is 2. The summed E-state index contributed by atoms with van der Waals surface area (Å²) < 4.78 is 0. The summed E-state index contributed by atoms with van der Waals surface area (Å²) in [5.41, 5.74) is 4.52. The summed E-state index contributed by atoms with van der Waals surface area (Å²) in [5.74, 6) is 0.597. The first-order valence-corrected chi connectivity index (χ1v) is 9.22. The Morgan fingerprint density at radius 3 is 2.56 bits per heavy atom. The molecule has 1 fully saturated rings. The van der Waals surface area contributed by atoms with Crippen LogP contribution in [0.15, 0.2) is 59.4 Å². The molecule has 1 aromatic heterocycles. The quantitative estimate of drug-likeness (QED) is 0.733. The Morgan fingerprint density at radius 2 is 1.85 bits per heavy atom. The molecule has 4 rings (SSSR count). The topological polar surface area (TPSA) is 69.2 Å². The minimum atomic E-state index is -0.203. The van der Waals surface area contributed by atoms with E-state index in [1.54, 1.807) is 0 Å². The molecule has 0 saturated carbocycles. The van der Waals surface area contributed by atoms with Crippen LogP contribution in [0.2, 0.25) is 0 Å². The molecule has 2 heterocycles. The first-order valence-electron chi connectivity index (χ1n) is 9.22. The number of aromatic amines is 1. The second kappa shape index (κ2) is 7.47. The molecule has 138 valence electrons. The van der Waals surface area contributed by atoms with E-state index in [4.69, 9.17) is 0 Å². The Kier molecular flexibility index (Phi) is 4.88. The van der Waals surface area contributed by atoms with E-state index in [1.165, 1.54) is 0 Å². The molecule has 5 nitrogen and oxygen atoms in total. The van der Waals surface area contributed by atoms with Crippen LogP contribution in [0.25, 0.3) is 11.4 Å². The number of aliphatic hydroxyl groups excluding tert-OH is 1. The van der Waals surface area contributed by atoms with E-state index in [0.717, 1.165) is 28.9 Å². The summed E-state index contributed by atoms with van der Waals surface area (Å²) in [7, 11) is 0. The molecule has 2 N–H and O–H groups in total. The van der Waals surface area contributed by atoms with Crippen molar-refractivity contribution in [2.75, 3.05) is 13.1 Å². The molecule has 0 amide bonds. The molecule has 3 aromatic rings. The van der Waals surface area contributed by atoms with Gasteiger partial charge in [0.25, 0.3) is 5.56 Å². The lowest BCUT2D eigenvalue weighted by molar-refractivity contribution is -0.00285. The lowest BCUT2D eigenvalue weighted by atomic mass is 10.0. The number of likely N-dealkylation sites (tertiary alicyclic amines) is 1. The number of aromatic nitrogens is 2. The minimum absolute atomic E-state index is 0.0855. The Balaban J connectivity index is 1.58. The van der Waals surface area contributed by atoms with Crippen LogP contribution in [0.3, 0.4) is 0 Å². The average molecular weight is 361 g/mol. The molecule has 27 heavy (non-hydrogen) atoms. The third-order valence-corrected chi connectivity index (χ3v) is 4.99. The molecule has 1 aliphatic rings. The summed E-state index contributed by atoms with van der Waals surface area (Å²) in [5, 5.41) is 9.43. The van der Waals surface area contributed by atoms with Gasteiger partial charge >= 0.3 is 0 Å². The van der Waals surface area contributed by atoms with Crippen molar-refractivity contribution < 1.29 is 5.11 Å². The molecule has 5 heteroatoms. The van der Waals surface area contributed by atoms with Crippen LogP contribution in [-0.4, -0.2) is 39.2 Å². The zero-order chi connectivity index (χ0) is 18.8. The molecule has 0 atom stereocenters. The number of H-pyrrole nitrogens is 1. The van der Waals surface area contributed by atoms with E-state index in [-0.39, 0.29) is 11.7 Å². The molecule has 1 aliphatic heterocycles. The molecule has 1 saturated heterocycles. The molecular formula is C22H23N3O2. The number of aryl methyl sites for hydroxylation is 1. The first-order chi connectivity index (χ1) is 13.1. The SMILES string of the molecule is Cc1nc(-c2cccc(CN3CC(O)C3)c2)[nH]c(=O)c1Cc1ccccc1. The molecule has 0 radical (unpaired) electrons. The molecule has 2 aromatic carbocycles. The largest absolute Gasteiger partial charge is 0.390 e. The predicted octanol–water partition coefficient (Wildman–Crippen LogP) is 2.51. The van der Waals surface area contributed by atoms with Crippen molar-refractivity contribution in [1.29, 1.82) is 0 Å². The van der Waals surface area contributed by atoms with Gasteiger partial charge in [-0.05, 0) is 24.1 Å². The molecule has 0 spiro atoms. The second-order valence-corrected chi connectivity index (χ2v) is 7.19. The van der Waals surface area contributed by atoms with E-state index < -0.39 is 0 Å². The Bertz CT molecular complexity index is 992. The van der Waals surface area contributed by atoms with E-state index in [9.17, 15) is 9.90 Å². The van der Waals surface area contributed by atoms with Crippen molar-refractivity contribution in [3.63, 3.8) is 0 Å². The van der Waals surface area contributed by atoms with Crippen LogP contribution in [0.5, 0.6) is 0 Å². The maximum Gasteiger partial charge on any atom is 0.254 e. The van der Waals surface area contributed by atoms with Gasteiger partial charge in [0.15, 0.2) is 0 Å². The van der Waals surface area contributed by atoms with Gasteiger partial charge in [-0.3, -0.25) is 9.69 Å². The highest BCUT2D eigenvalue weighted by atomic mass is 16.3. The number of rotatable bonds is 5. The highest BCUT2D eigenvalue weighted by Crippen LogP contribution is 2.20. The van der Waals surface area contributed by atoms with Gasteiger partial charge in [0, 0.05) is 42.9 Å². The normalized spacial score (nSPS) is 14.9. The third kappa shape index (κ3) is 3.99. The van der Waals surface area contributed by atoms with Gasteiger partial charge < -0.3 is 10.1 Å². The fourth-order valence-electron chi connectivity index (χ4n) is 3.50. The second-order valence-electron chi connectivity index (χ2n) is 7.19. The number of nitrogens with one attached hydrogen (secondary N) is 1. The number of hydrogen-bond acceptors (Lipinski definition) is 4. The maximum absolute atomic E-state index is 12.7. The van der Waals surface area contributed by atoms with Crippen molar-refractivity contribution in [3.8, 4) is 11.4 Å². The van der Waals surface area contributed by atoms with Crippen molar-refractivity contribution in [2.45, 2.75) is 26.0 Å². The van der Waals surface area contributed by atoms with Crippen LogP contribution in [0.4, 0.5) is 0 Å². The fraction of sp³-hybridized carbons (Fsp3) is 0.273. The average Bonchev–Trinajstić information content (AvgIpc) is 2.64. The van der Waals surface area contributed by atoms with Crippen LogP contribution in [0, 0.1) is 6.92 Å². The van der Waals surface area contributed by atoms with E-state index in [1.807, 2.05) is 49.4 Å². The molecule has 0 aliphatic carbocycles. The van der Waals surface area contributed by atoms with Crippen LogP contribution < -0.4 is 5.56 Å². The summed E-state index contributed by atoms with van der Waals surface area (Å²) in [6, 6.07) is 18.0. The molecular weight excluding hydrogens is 338 g/mol. The number of aliphatic hydroxyl groups is 1. The van der Waals surface area contributed by atoms with Crippen LogP contribution in [-0.2, 0) is 13.0 Å². The maximum atomic E-state index is 12.7. The standard InChI is InChI=1S/C22H23N3O2/c1-15-20(11-16-6-3-2-4-7-16)22(27)24-21(23-15)18-9-5-8-17(10-18)12-25-13-19(26)14-25/h2-10,19,26H,11-14H2,1H3,(H,23,24,27). The van der Waals surface area contributed by atoms with Crippen molar-refractivity contribution >= 4 is 0 Å². The first kappa shape index (κ1) is 17.6. The Morgan fingerprint density at radius 1 is 1.11 bits per heavy atom. The van der Waals surface area contributed by atoms with Gasteiger partial charge in [0.2, 0.25) is 0 Å². The Labute approximate surface area is 158 Å². The zero-order valence-electron chi connectivity index (χ0n) is 15.4. The Hall–Kier alpha value is -2.76. The van der Waals surface area contributed by atoms with E-state index in [2.05, 4.69) is 27.0 Å². The lowest BCUT2D eigenvalue weighted by Crippen LogP contribution is -2.49. The smallest absolute Gasteiger partial charge is 0.254 e. The summed E-state index contributed by atoms with van der Waals surface area (Å²) in [6.45, 7) is 4.11. The number of benzene rings is 2. The minimum Gasteiger partial charge on any atom is -0.390 e. The molecule has 0 bridgehead atoms. The highest BCUT2D eigenvalue weighted by Gasteiger charge is 2.24. The summed E-state index contributed by atoms with van der Waals surface area (Å²) >= 11 is 0. The summed E-state index contributed by atoms with van der Waals surface area (Å²) in [4.78, 5) is 22.5. The van der Waals surface area contributed by atoms with Gasteiger partial charge in [0.05, 0.1) is 6.10 Å². The lowest BCUT2D eigenvalue weighted by Gasteiger charge is -2.35. The van der Waals surface area contributed by atoms with Gasteiger partial charge in [-0.1, -0.05) is 48.5 Å². The fourth-order valence-corrected chi connectivity index (χ4v) is 3.50. The van der Waals surface area contributed by atoms with Crippen molar-refractivity contribution in [2.24, 2.45) is 0 Å². The predicted molar refractivity (Wildman–Crippen MR) is 106 cm³/mol. The zero-order valence-corrected chi connectivity index (χ0v) is 15.4. The number of hydrogen-bond donors (Lipinski definition) is 2. The van der Waals surface area contributed by atoms with Gasteiger partial charge in [-0.25, -0.2) is 4.98 Å². The van der Waals surface area contributed by atoms with E-state index >= 15 is 0 Å². The van der Waals surface area contributed by atoms with Gasteiger partial charge in [-0.15, -0.1) is 0 Å². The monoisotopic (exact) mass is 361 g/mol. The molecule has 0 unspecified atom stereocenters. The number of β-amino-alcohol motifs (C(OH)–C–C–N with tert-alkyl or cyclic N) is 1. The highest BCUT2D eigenvalue weighted by molar-refractivity contribution is 5.56. The van der Waals surface area contributed by atoms with Crippen molar-refractivity contribution in [1.82, 2.24) is 14.9 Å².